The van der Waals surface area contributed by atoms with Gasteiger partial charge in [0.2, 0.25) is 0 Å². The van der Waals surface area contributed by atoms with E-state index in [1.54, 1.807) is 0 Å². The number of nitrogens with zero attached hydrogens (tertiary/aromatic N) is 2. The van der Waals surface area contributed by atoms with E-state index in [-0.39, 0.29) is 6.04 Å². The molecule has 0 spiro atoms. The normalized spacial score (nSPS) is 30.3. The molecule has 0 bridgehead atoms. The monoisotopic (exact) mass is 210 g/mol. The van der Waals surface area contributed by atoms with Crippen LogP contribution in [0.1, 0.15) is 32.1 Å². The molecule has 1 heterocycles. The molecule has 2 fully saturated rings. The zero-order chi connectivity index (χ0) is 10.8. The molecule has 1 saturated heterocycles. The van der Waals surface area contributed by atoms with Gasteiger partial charge in [-0.2, -0.15) is 0 Å². The average molecular weight is 210 g/mol. The molecule has 0 aromatic rings. The van der Waals surface area contributed by atoms with Gasteiger partial charge in [-0.15, -0.1) is 0 Å². The highest BCUT2D eigenvalue weighted by Crippen LogP contribution is 2.24. The molecule has 3 heteroatoms. The quantitative estimate of drug-likeness (QED) is 0.638. The van der Waals surface area contributed by atoms with Gasteiger partial charge in [0.25, 0.3) is 0 Å². The van der Waals surface area contributed by atoms with Crippen molar-refractivity contribution in [3.8, 4) is 0 Å². The van der Waals surface area contributed by atoms with Crippen LogP contribution in [0.15, 0.2) is 0 Å². The molecular formula is C12H22N2O. The standard InChI is InChI=1S/C12H22N2O/c1-13(2)10-8-14(9-10)11-6-4-3-5-7-12(11)15/h10-11H,3-9H2,1-2H3. The second-order valence-electron chi connectivity index (χ2n) is 5.15. The van der Waals surface area contributed by atoms with E-state index in [0.29, 0.717) is 11.8 Å². The summed E-state index contributed by atoms with van der Waals surface area (Å²) in [7, 11) is 4.24. The van der Waals surface area contributed by atoms with Crippen LogP contribution in [0.5, 0.6) is 0 Å². The lowest BCUT2D eigenvalue weighted by Crippen LogP contribution is -2.62. The molecule has 0 aromatic heterocycles. The van der Waals surface area contributed by atoms with Gasteiger partial charge in [0.1, 0.15) is 5.78 Å². The minimum atomic E-state index is 0.253. The van der Waals surface area contributed by atoms with Gasteiger partial charge in [0, 0.05) is 25.6 Å². The Balaban J connectivity index is 1.86. The van der Waals surface area contributed by atoms with Crippen LogP contribution in [0.2, 0.25) is 0 Å². The van der Waals surface area contributed by atoms with Crippen LogP contribution in [0, 0.1) is 0 Å². The number of hydrogen-bond donors (Lipinski definition) is 0. The zero-order valence-corrected chi connectivity index (χ0v) is 9.91. The van der Waals surface area contributed by atoms with Gasteiger partial charge >= 0.3 is 0 Å². The van der Waals surface area contributed by atoms with E-state index in [1.807, 2.05) is 0 Å². The highest BCUT2D eigenvalue weighted by Gasteiger charge is 2.36. The topological polar surface area (TPSA) is 23.6 Å². The minimum absolute atomic E-state index is 0.253. The van der Waals surface area contributed by atoms with Gasteiger partial charge in [-0.05, 0) is 26.9 Å². The molecule has 3 nitrogen and oxygen atoms in total. The number of carbonyl (C=O) groups excluding carboxylic acids is 1. The Morgan fingerprint density at radius 1 is 1.20 bits per heavy atom. The van der Waals surface area contributed by atoms with Crippen LogP contribution in [0.3, 0.4) is 0 Å². The second kappa shape index (κ2) is 4.62. The number of rotatable bonds is 2. The maximum absolute atomic E-state index is 11.9. The largest absolute Gasteiger partial charge is 0.304 e. The SMILES string of the molecule is CN(C)C1CN(C2CCCCCC2=O)C1. The van der Waals surface area contributed by atoms with Gasteiger partial charge in [-0.1, -0.05) is 12.8 Å². The van der Waals surface area contributed by atoms with Crippen LogP contribution in [0.25, 0.3) is 0 Å². The van der Waals surface area contributed by atoms with E-state index >= 15 is 0 Å². The van der Waals surface area contributed by atoms with E-state index in [4.69, 9.17) is 0 Å². The fourth-order valence-electron chi connectivity index (χ4n) is 2.60. The van der Waals surface area contributed by atoms with Crippen molar-refractivity contribution >= 4 is 5.78 Å². The van der Waals surface area contributed by atoms with Crippen LogP contribution < -0.4 is 0 Å². The summed E-state index contributed by atoms with van der Waals surface area (Å²) in [6.07, 6.45) is 5.50. The van der Waals surface area contributed by atoms with Crippen molar-refractivity contribution in [3.63, 3.8) is 0 Å². The smallest absolute Gasteiger partial charge is 0.149 e. The first-order valence-electron chi connectivity index (χ1n) is 6.11. The first kappa shape index (κ1) is 11.1. The maximum Gasteiger partial charge on any atom is 0.149 e. The van der Waals surface area contributed by atoms with E-state index in [9.17, 15) is 4.79 Å². The second-order valence-corrected chi connectivity index (χ2v) is 5.15. The van der Waals surface area contributed by atoms with E-state index in [2.05, 4.69) is 23.9 Å². The molecule has 1 saturated carbocycles. The molecule has 1 atom stereocenters. The highest BCUT2D eigenvalue weighted by molar-refractivity contribution is 5.84. The number of ketones is 1. The predicted octanol–water partition coefficient (Wildman–Crippen LogP) is 1.13. The summed E-state index contributed by atoms with van der Waals surface area (Å²) in [6, 6.07) is 0.921. The summed E-state index contributed by atoms with van der Waals surface area (Å²) in [5.41, 5.74) is 0. The molecule has 0 amide bonds. The number of carbonyl (C=O) groups is 1. The van der Waals surface area contributed by atoms with E-state index in [1.165, 1.54) is 12.8 Å². The number of hydrogen-bond acceptors (Lipinski definition) is 3. The molecule has 0 N–H and O–H groups in total. The van der Waals surface area contributed by atoms with Crippen molar-refractivity contribution in [2.75, 3.05) is 27.2 Å². The molecule has 1 aliphatic heterocycles. The summed E-state index contributed by atoms with van der Waals surface area (Å²) in [4.78, 5) is 16.5. The van der Waals surface area contributed by atoms with Crippen molar-refractivity contribution in [2.45, 2.75) is 44.2 Å². The Kier molecular flexibility index (Phi) is 3.42. The van der Waals surface area contributed by atoms with Gasteiger partial charge < -0.3 is 4.90 Å². The van der Waals surface area contributed by atoms with Gasteiger partial charge in [0.05, 0.1) is 6.04 Å². The lowest BCUT2D eigenvalue weighted by atomic mass is 9.98. The van der Waals surface area contributed by atoms with Gasteiger partial charge in [-0.3, -0.25) is 9.69 Å². The Labute approximate surface area is 92.4 Å². The van der Waals surface area contributed by atoms with E-state index in [0.717, 1.165) is 32.4 Å². The minimum Gasteiger partial charge on any atom is -0.304 e. The van der Waals surface area contributed by atoms with Crippen LogP contribution in [-0.4, -0.2) is 54.9 Å². The Hall–Kier alpha value is -0.410. The summed E-state index contributed by atoms with van der Waals surface area (Å²) < 4.78 is 0. The van der Waals surface area contributed by atoms with Crippen LogP contribution in [0.4, 0.5) is 0 Å². The predicted molar refractivity (Wildman–Crippen MR) is 60.9 cm³/mol. The third-order valence-corrected chi connectivity index (χ3v) is 3.83. The van der Waals surface area contributed by atoms with Crippen LogP contribution >= 0.6 is 0 Å². The van der Waals surface area contributed by atoms with Gasteiger partial charge in [0.15, 0.2) is 0 Å². The average Bonchev–Trinajstić information content (AvgIpc) is 2.28. The molecule has 86 valence electrons. The summed E-state index contributed by atoms with van der Waals surface area (Å²) >= 11 is 0. The molecule has 1 unspecified atom stereocenters. The third kappa shape index (κ3) is 2.40. The van der Waals surface area contributed by atoms with Crippen molar-refractivity contribution in [2.24, 2.45) is 0 Å². The summed E-state index contributed by atoms with van der Waals surface area (Å²) in [6.45, 7) is 2.17. The Morgan fingerprint density at radius 3 is 2.60 bits per heavy atom. The van der Waals surface area contributed by atoms with Crippen molar-refractivity contribution < 1.29 is 4.79 Å². The fraction of sp³-hybridized carbons (Fsp3) is 0.917. The maximum atomic E-state index is 11.9. The number of likely N-dealkylation sites (N-methyl/N-ethyl adjacent to an activating group) is 1. The zero-order valence-electron chi connectivity index (χ0n) is 9.91. The highest BCUT2D eigenvalue weighted by atomic mass is 16.1. The van der Waals surface area contributed by atoms with Crippen molar-refractivity contribution in [1.82, 2.24) is 9.80 Å². The molecule has 0 radical (unpaired) electrons. The molecule has 0 aromatic carbocycles. The number of likely N-dealkylation sites (tertiary alicyclic amines) is 1. The Bertz CT molecular complexity index is 234. The number of Topliss-reactive ketones (excluding diaryl/α,β-unsaturated/α-hetero) is 1. The first-order valence-corrected chi connectivity index (χ1v) is 6.11. The molecule has 2 rings (SSSR count). The molecular weight excluding hydrogens is 188 g/mol. The first-order chi connectivity index (χ1) is 7.18. The van der Waals surface area contributed by atoms with Crippen molar-refractivity contribution in [3.05, 3.63) is 0 Å². The summed E-state index contributed by atoms with van der Waals surface area (Å²) in [5.74, 6) is 0.490. The Morgan fingerprint density at radius 2 is 1.93 bits per heavy atom. The lowest BCUT2D eigenvalue weighted by Gasteiger charge is -2.46. The third-order valence-electron chi connectivity index (χ3n) is 3.83. The lowest BCUT2D eigenvalue weighted by molar-refractivity contribution is -0.127. The summed E-state index contributed by atoms with van der Waals surface area (Å²) in [5, 5.41) is 0. The molecule has 2 aliphatic rings. The molecule has 15 heavy (non-hydrogen) atoms. The van der Waals surface area contributed by atoms with Crippen LogP contribution in [-0.2, 0) is 4.79 Å². The fourth-order valence-corrected chi connectivity index (χ4v) is 2.60. The van der Waals surface area contributed by atoms with Gasteiger partial charge in [-0.25, -0.2) is 0 Å². The van der Waals surface area contributed by atoms with E-state index < -0.39 is 0 Å². The molecule has 1 aliphatic carbocycles. The van der Waals surface area contributed by atoms with Crippen molar-refractivity contribution in [1.29, 1.82) is 0 Å².